The number of likely N-dealkylation sites (tertiary alicyclic amines) is 1. The molecule has 0 bridgehead atoms. The predicted octanol–water partition coefficient (Wildman–Crippen LogP) is 1.22. The summed E-state index contributed by atoms with van der Waals surface area (Å²) in [7, 11) is 0. The highest BCUT2D eigenvalue weighted by Gasteiger charge is 2.31. The van der Waals surface area contributed by atoms with Gasteiger partial charge in [0.1, 0.15) is 6.54 Å². The monoisotopic (exact) mass is 333 g/mol. The molecule has 0 spiro atoms. The van der Waals surface area contributed by atoms with Crippen molar-refractivity contribution in [2.75, 3.05) is 37.7 Å². The Kier molecular flexibility index (Phi) is 5.30. The first-order valence-corrected chi connectivity index (χ1v) is 8.46. The quantitative estimate of drug-likeness (QED) is 0.810. The van der Waals surface area contributed by atoms with Gasteiger partial charge in [0.25, 0.3) is 5.91 Å². The standard InChI is InChI=1S/C17H23N3O4/c1-2-9-23-13-5-4-8-19(10-13)15(21)11-20-16(22)12-24-14-6-3-7-18-17(14)20/h3,6-7,13H,2,4-5,8-12H2,1H3/t13-/m0/s1. The van der Waals surface area contributed by atoms with E-state index in [4.69, 9.17) is 9.47 Å². The Morgan fingerprint density at radius 1 is 1.50 bits per heavy atom. The Balaban J connectivity index is 1.65. The molecule has 2 aliphatic heterocycles. The van der Waals surface area contributed by atoms with Crippen LogP contribution in [0.1, 0.15) is 26.2 Å². The number of hydrogen-bond acceptors (Lipinski definition) is 5. The van der Waals surface area contributed by atoms with Crippen LogP contribution in [0, 0.1) is 0 Å². The first kappa shape index (κ1) is 16.7. The summed E-state index contributed by atoms with van der Waals surface area (Å²) in [6, 6.07) is 3.50. The molecule has 1 fully saturated rings. The minimum Gasteiger partial charge on any atom is -0.480 e. The van der Waals surface area contributed by atoms with Gasteiger partial charge in [0.15, 0.2) is 18.2 Å². The van der Waals surface area contributed by atoms with Gasteiger partial charge in [0.05, 0.1) is 6.10 Å². The van der Waals surface area contributed by atoms with Crippen LogP contribution in [0.25, 0.3) is 0 Å². The number of rotatable bonds is 5. The maximum atomic E-state index is 12.6. The van der Waals surface area contributed by atoms with E-state index in [0.717, 1.165) is 19.3 Å². The summed E-state index contributed by atoms with van der Waals surface area (Å²) in [6.45, 7) is 4.01. The van der Waals surface area contributed by atoms with Crippen molar-refractivity contribution in [1.29, 1.82) is 0 Å². The maximum Gasteiger partial charge on any atom is 0.266 e. The van der Waals surface area contributed by atoms with Crippen LogP contribution in [0.2, 0.25) is 0 Å². The zero-order valence-electron chi connectivity index (χ0n) is 13.9. The topological polar surface area (TPSA) is 72.0 Å². The number of carbonyl (C=O) groups excluding carboxylic acids is 2. The summed E-state index contributed by atoms with van der Waals surface area (Å²) < 4.78 is 11.1. The average molecular weight is 333 g/mol. The molecule has 1 aromatic heterocycles. The van der Waals surface area contributed by atoms with Gasteiger partial charge in [-0.1, -0.05) is 6.92 Å². The van der Waals surface area contributed by atoms with E-state index in [-0.39, 0.29) is 31.1 Å². The molecule has 2 amide bonds. The molecule has 7 nitrogen and oxygen atoms in total. The largest absolute Gasteiger partial charge is 0.480 e. The molecule has 0 aromatic carbocycles. The highest BCUT2D eigenvalue weighted by molar-refractivity contribution is 6.01. The molecule has 1 saturated heterocycles. The normalized spacial score (nSPS) is 20.5. The molecule has 0 aliphatic carbocycles. The van der Waals surface area contributed by atoms with Gasteiger partial charge in [-0.3, -0.25) is 14.5 Å². The fourth-order valence-electron chi connectivity index (χ4n) is 3.02. The van der Waals surface area contributed by atoms with Crippen LogP contribution in [-0.2, 0) is 14.3 Å². The number of piperidine rings is 1. The van der Waals surface area contributed by atoms with Crippen LogP contribution in [0.3, 0.4) is 0 Å². The van der Waals surface area contributed by atoms with Crippen LogP contribution >= 0.6 is 0 Å². The van der Waals surface area contributed by atoms with Crippen molar-refractivity contribution in [3.05, 3.63) is 18.3 Å². The van der Waals surface area contributed by atoms with Crippen LogP contribution < -0.4 is 9.64 Å². The third-order valence-corrected chi connectivity index (χ3v) is 4.24. The van der Waals surface area contributed by atoms with Crippen LogP contribution in [0.15, 0.2) is 18.3 Å². The van der Waals surface area contributed by atoms with Gasteiger partial charge in [-0.15, -0.1) is 0 Å². The van der Waals surface area contributed by atoms with Gasteiger partial charge >= 0.3 is 0 Å². The lowest BCUT2D eigenvalue weighted by Crippen LogP contribution is -2.50. The summed E-state index contributed by atoms with van der Waals surface area (Å²) in [5, 5.41) is 0. The maximum absolute atomic E-state index is 12.6. The first-order chi connectivity index (χ1) is 11.7. The zero-order chi connectivity index (χ0) is 16.9. The van der Waals surface area contributed by atoms with E-state index in [1.54, 1.807) is 23.2 Å². The predicted molar refractivity (Wildman–Crippen MR) is 87.9 cm³/mol. The van der Waals surface area contributed by atoms with E-state index in [1.165, 1.54) is 4.90 Å². The fraction of sp³-hybridized carbons (Fsp3) is 0.588. The molecular formula is C17H23N3O4. The fourth-order valence-corrected chi connectivity index (χ4v) is 3.02. The number of carbonyl (C=O) groups is 2. The summed E-state index contributed by atoms with van der Waals surface area (Å²) in [4.78, 5) is 32.2. The summed E-state index contributed by atoms with van der Waals surface area (Å²) >= 11 is 0. The van der Waals surface area contributed by atoms with E-state index in [9.17, 15) is 9.59 Å². The number of anilines is 1. The Bertz CT molecular complexity index is 607. The second-order valence-electron chi connectivity index (χ2n) is 6.07. The lowest BCUT2D eigenvalue weighted by molar-refractivity contribution is -0.135. The molecule has 7 heteroatoms. The summed E-state index contributed by atoms with van der Waals surface area (Å²) in [5.74, 6) is 0.627. The Morgan fingerprint density at radius 2 is 2.38 bits per heavy atom. The van der Waals surface area contributed by atoms with Crippen molar-refractivity contribution >= 4 is 17.6 Å². The molecule has 0 N–H and O–H groups in total. The minimum absolute atomic E-state index is 0.00724. The number of pyridine rings is 1. The highest BCUT2D eigenvalue weighted by Crippen LogP contribution is 2.29. The van der Waals surface area contributed by atoms with Gasteiger partial charge in [-0.25, -0.2) is 4.98 Å². The molecule has 130 valence electrons. The third kappa shape index (κ3) is 3.67. The highest BCUT2D eigenvalue weighted by atomic mass is 16.5. The number of aromatic nitrogens is 1. The summed E-state index contributed by atoms with van der Waals surface area (Å²) in [5.41, 5.74) is 0. The second kappa shape index (κ2) is 7.61. The first-order valence-electron chi connectivity index (χ1n) is 8.46. The van der Waals surface area contributed by atoms with E-state index >= 15 is 0 Å². The lowest BCUT2D eigenvalue weighted by Gasteiger charge is -2.35. The smallest absolute Gasteiger partial charge is 0.266 e. The number of fused-ring (bicyclic) bond motifs is 1. The molecule has 1 aromatic rings. The Morgan fingerprint density at radius 3 is 3.21 bits per heavy atom. The second-order valence-corrected chi connectivity index (χ2v) is 6.07. The minimum atomic E-state index is -0.245. The van der Waals surface area contributed by atoms with Crippen molar-refractivity contribution < 1.29 is 19.1 Å². The van der Waals surface area contributed by atoms with Crippen molar-refractivity contribution in [3.63, 3.8) is 0 Å². The molecular weight excluding hydrogens is 310 g/mol. The van der Waals surface area contributed by atoms with Crippen molar-refractivity contribution in [2.24, 2.45) is 0 Å². The van der Waals surface area contributed by atoms with Gasteiger partial charge in [-0.05, 0) is 31.4 Å². The van der Waals surface area contributed by atoms with Crippen LogP contribution in [0.5, 0.6) is 5.75 Å². The molecule has 3 heterocycles. The molecule has 0 radical (unpaired) electrons. The zero-order valence-corrected chi connectivity index (χ0v) is 13.9. The van der Waals surface area contributed by atoms with Gasteiger partial charge in [-0.2, -0.15) is 0 Å². The molecule has 1 atom stereocenters. The Hall–Kier alpha value is -2.15. The molecule has 24 heavy (non-hydrogen) atoms. The molecule has 0 saturated carbocycles. The molecule has 0 unspecified atom stereocenters. The molecule has 2 aliphatic rings. The van der Waals surface area contributed by atoms with Gasteiger partial charge < -0.3 is 14.4 Å². The third-order valence-electron chi connectivity index (χ3n) is 4.24. The van der Waals surface area contributed by atoms with Crippen molar-refractivity contribution in [2.45, 2.75) is 32.3 Å². The number of hydrogen-bond donors (Lipinski definition) is 0. The Labute approximate surface area is 141 Å². The molecule has 3 rings (SSSR count). The van der Waals surface area contributed by atoms with Crippen LogP contribution in [0.4, 0.5) is 5.82 Å². The van der Waals surface area contributed by atoms with Crippen molar-refractivity contribution in [1.82, 2.24) is 9.88 Å². The van der Waals surface area contributed by atoms with Gasteiger partial charge in [0.2, 0.25) is 5.91 Å². The summed E-state index contributed by atoms with van der Waals surface area (Å²) in [6.07, 6.45) is 4.55. The number of ether oxygens (including phenoxy) is 2. The average Bonchev–Trinajstić information content (AvgIpc) is 2.62. The van der Waals surface area contributed by atoms with Crippen molar-refractivity contribution in [3.8, 4) is 5.75 Å². The van der Waals surface area contributed by atoms with Crippen LogP contribution in [-0.4, -0.2) is 60.7 Å². The van der Waals surface area contributed by atoms with E-state index in [1.807, 2.05) is 0 Å². The van der Waals surface area contributed by atoms with Gasteiger partial charge in [0, 0.05) is 25.9 Å². The number of nitrogens with zero attached hydrogens (tertiary/aromatic N) is 3. The van der Waals surface area contributed by atoms with E-state index in [2.05, 4.69) is 11.9 Å². The number of amides is 2. The van der Waals surface area contributed by atoms with E-state index < -0.39 is 0 Å². The lowest BCUT2D eigenvalue weighted by atomic mass is 10.1. The van der Waals surface area contributed by atoms with E-state index in [0.29, 0.717) is 31.3 Å². The SMILES string of the molecule is CCCO[C@H]1CCCN(C(=O)CN2C(=O)COc3cccnc32)C1.